The van der Waals surface area contributed by atoms with E-state index in [0.717, 1.165) is 60.7 Å². The van der Waals surface area contributed by atoms with Crippen LogP contribution in [0.4, 0.5) is 40.3 Å². The number of nitrogens with zero attached hydrogens (tertiary/aromatic N) is 16. The minimum atomic E-state index is -4.01. The molecule has 0 fully saturated rings. The van der Waals surface area contributed by atoms with Crippen molar-refractivity contribution in [3.63, 3.8) is 0 Å². The molecule has 0 spiro atoms. The highest BCUT2D eigenvalue weighted by Gasteiger charge is 2.25. The van der Waals surface area contributed by atoms with Gasteiger partial charge in [-0.25, -0.2) is 109 Å². The van der Waals surface area contributed by atoms with E-state index >= 15 is 0 Å². The summed E-state index contributed by atoms with van der Waals surface area (Å²) in [6.45, 7) is 12.0. The number of pyridine rings is 4. The highest BCUT2D eigenvalue weighted by molar-refractivity contribution is 7.93. The molecule has 654 valence electrons. The first-order chi connectivity index (χ1) is 61.6. The number of halogens is 4. The molecule has 0 atom stereocenters. The second-order valence-corrected chi connectivity index (χ2v) is 35.3. The molecule has 0 aliphatic carbocycles. The Morgan fingerprint density at radius 1 is 0.364 bits per heavy atom. The molecule has 0 unspecified atom stereocenters. The van der Waals surface area contributed by atoms with Gasteiger partial charge in [0.05, 0.1) is 95.6 Å². The van der Waals surface area contributed by atoms with E-state index in [9.17, 15) is 51.2 Å². The van der Waals surface area contributed by atoms with Crippen LogP contribution in [0.15, 0.2) is 239 Å². The highest BCUT2D eigenvalue weighted by atomic mass is 32.2. The van der Waals surface area contributed by atoms with Crippen LogP contribution in [0.5, 0.6) is 23.5 Å². The predicted octanol–water partition coefficient (Wildman–Crippen LogP) is 14.1. The summed E-state index contributed by atoms with van der Waals surface area (Å²) in [4.78, 5) is 33.5. The summed E-state index contributed by atoms with van der Waals surface area (Å²) in [5, 5.41) is 18.2. The van der Waals surface area contributed by atoms with Gasteiger partial charge >= 0.3 is 0 Å². The maximum absolute atomic E-state index is 13.2. The predicted molar refractivity (Wildman–Crippen MR) is 473 cm³/mol. The normalized spacial score (nSPS) is 11.3. The number of sulfonamides is 4. The van der Waals surface area contributed by atoms with Crippen molar-refractivity contribution in [2.45, 2.75) is 67.5 Å². The van der Waals surface area contributed by atoms with Gasteiger partial charge in [0.15, 0.2) is 22.6 Å². The van der Waals surface area contributed by atoms with E-state index in [1.807, 2.05) is 41.5 Å². The fourth-order valence-electron chi connectivity index (χ4n) is 11.7. The van der Waals surface area contributed by atoms with Crippen LogP contribution in [0.25, 0.3) is 67.6 Å². The van der Waals surface area contributed by atoms with E-state index in [2.05, 4.69) is 121 Å². The van der Waals surface area contributed by atoms with Gasteiger partial charge in [-0.3, -0.25) is 18.9 Å². The number of fused-ring (bicyclic) bond motifs is 4. The van der Waals surface area contributed by atoms with Crippen LogP contribution in [0, 0.1) is 82.5 Å². The van der Waals surface area contributed by atoms with Crippen LogP contribution in [0.2, 0.25) is 0 Å². The lowest BCUT2D eigenvalue weighted by Crippen LogP contribution is -2.14. The van der Waals surface area contributed by atoms with Crippen LogP contribution in [0.3, 0.4) is 0 Å². The average molecular weight is 1820 g/mol. The van der Waals surface area contributed by atoms with Gasteiger partial charge in [0, 0.05) is 64.8 Å². The quantitative estimate of drug-likeness (QED) is 0.0407. The number of rotatable bonds is 20. The number of nitrogens with one attached hydrogen (secondary N) is 4. The molecular formula is C89H74F4N20O12S4. The van der Waals surface area contributed by atoms with Crippen molar-refractivity contribution in [1.82, 2.24) is 78.3 Å². The Bertz CT molecular complexity index is 7670. The second-order valence-electron chi connectivity index (χ2n) is 28.6. The summed E-state index contributed by atoms with van der Waals surface area (Å²) in [6, 6.07) is 38.3. The van der Waals surface area contributed by atoms with Crippen LogP contribution < -0.4 is 37.8 Å². The second kappa shape index (κ2) is 38.7. The van der Waals surface area contributed by atoms with Crippen molar-refractivity contribution in [2.75, 3.05) is 47.3 Å². The molecule has 4 aromatic carbocycles. The monoisotopic (exact) mass is 1820 g/mol. The number of ether oxygens (including phenoxy) is 4. The van der Waals surface area contributed by atoms with Gasteiger partial charge < -0.3 is 18.9 Å². The number of methoxy groups -OCH3 is 4. The highest BCUT2D eigenvalue weighted by Crippen LogP contribution is 2.36. The molecule has 12 heterocycles. The average Bonchev–Trinajstić information content (AvgIpc) is 1.78. The molecule has 0 aliphatic heterocycles. The number of hydrogen-bond acceptors (Lipinski definition) is 24. The fourth-order valence-corrected chi connectivity index (χ4v) is 15.9. The van der Waals surface area contributed by atoms with Gasteiger partial charge in [-0.05, 0) is 214 Å². The third kappa shape index (κ3) is 21.9. The van der Waals surface area contributed by atoms with Gasteiger partial charge in [0.25, 0.3) is 40.1 Å². The van der Waals surface area contributed by atoms with Crippen molar-refractivity contribution in [3.8, 4) is 116 Å². The Morgan fingerprint density at radius 3 is 0.868 bits per heavy atom. The summed E-state index contributed by atoms with van der Waals surface area (Å²) in [5.74, 6) is 19.3. The molecule has 0 saturated heterocycles. The van der Waals surface area contributed by atoms with Crippen molar-refractivity contribution >= 4 is 85.4 Å². The lowest BCUT2D eigenvalue weighted by atomic mass is 9.98. The van der Waals surface area contributed by atoms with Crippen molar-refractivity contribution in [2.24, 2.45) is 11.3 Å². The van der Waals surface area contributed by atoms with E-state index in [1.54, 1.807) is 98.9 Å². The minimum absolute atomic E-state index is 0.0671. The molecule has 0 saturated carbocycles. The molecule has 12 aromatic heterocycles. The standard InChI is InChI=1S/C24H22FN5O3S.C23H20FN5O3S.C22H18FN5O3S.C20H14FN5O3S/c1-24(2,3)12-11-18-15-26-22-10-9-20(28-30(18)22)16-13-21(23(33-4)27-14-16)29-34(31,32)19-7-5-17(25)6-8-19;1-15(2)4-7-18-14-25-22-11-10-20(27-29(18)22)16-12-21(23(32-3)26-13-16)28-33(30,31)19-8-5-17(24)6-9-19;1-3-4-5-17-14-24-21-11-10-19(26-28(17)21)15-12-20(22(31-2)25-13-15)27-32(29,30)18-8-6-16(23)7-9-18;1-3-15-12-22-19-9-8-17(24-26(15)19)13-10-18(20(29-2)23-11-13)25-30(27,28)16-6-4-14(21)5-7-16/h5-10,13-15,29H,1-4H3;5-6,8-15,28H,1-3H3;6-14,27H,3H2,1-2H3;1,4-12,25H,2H3. The molecule has 0 radical (unpaired) electrons. The molecule has 129 heavy (non-hydrogen) atoms. The lowest BCUT2D eigenvalue weighted by Gasteiger charge is -2.12. The van der Waals surface area contributed by atoms with Gasteiger partial charge in [-0.2, -0.15) is 20.4 Å². The fraction of sp³-hybridized carbons (Fsp3) is 0.146. The molecule has 0 bridgehead atoms. The zero-order chi connectivity index (χ0) is 92.1. The van der Waals surface area contributed by atoms with Crippen LogP contribution in [-0.4, -0.2) is 140 Å². The van der Waals surface area contributed by atoms with Gasteiger partial charge in [-0.15, -0.1) is 6.42 Å². The summed E-state index contributed by atoms with van der Waals surface area (Å²) in [6.07, 6.45) is 18.7. The van der Waals surface area contributed by atoms with Crippen LogP contribution >= 0.6 is 0 Å². The topological polar surface area (TPSA) is 394 Å². The molecule has 4 N–H and O–H groups in total. The van der Waals surface area contributed by atoms with Crippen molar-refractivity contribution < 1.29 is 70.2 Å². The molecule has 40 heteroatoms. The number of aromatic nitrogens is 16. The number of imidazole rings is 4. The molecular weight excluding hydrogens is 1750 g/mol. The first kappa shape index (κ1) is 90.8. The molecule has 16 aromatic rings. The third-order valence-corrected chi connectivity index (χ3v) is 23.4. The van der Waals surface area contributed by atoms with E-state index in [1.165, 1.54) is 106 Å². The zero-order valence-electron chi connectivity index (χ0n) is 69.8. The minimum Gasteiger partial charge on any atom is -0.480 e. The third-order valence-electron chi connectivity index (χ3n) is 17.9. The maximum Gasteiger partial charge on any atom is 0.262 e. The van der Waals surface area contributed by atoms with Crippen LogP contribution in [-0.2, 0) is 40.1 Å². The summed E-state index contributed by atoms with van der Waals surface area (Å²) >= 11 is 0. The summed E-state index contributed by atoms with van der Waals surface area (Å²) in [7, 11) is -10.5. The Balaban J connectivity index is 0.000000147. The number of anilines is 4. The SMILES string of the molecule is C#Cc1cnc2ccc(-c3cnc(OC)c(NS(=O)(=O)c4ccc(F)cc4)c3)nn12.CCC#Cc1cnc2ccc(-c3cnc(OC)c(NS(=O)(=O)c4ccc(F)cc4)c3)nn12.COc1ncc(-c2ccc3ncc(C#CC(C)(C)C)n3n2)cc1NS(=O)(=O)c1ccc(F)cc1.COc1ncc(-c2ccc3ncc(C#CC(C)C)n3n2)cc1NS(=O)(=O)c1ccc(F)cc1. The maximum atomic E-state index is 13.2. The van der Waals surface area contributed by atoms with Gasteiger partial charge in [0.2, 0.25) is 23.5 Å². The zero-order valence-corrected chi connectivity index (χ0v) is 73.1. The molecule has 32 nitrogen and oxygen atoms in total. The Morgan fingerprint density at radius 2 is 0.620 bits per heavy atom. The smallest absolute Gasteiger partial charge is 0.262 e. The van der Waals surface area contributed by atoms with E-state index in [-0.39, 0.29) is 77.2 Å². The van der Waals surface area contributed by atoms with Gasteiger partial charge in [-0.1, -0.05) is 38.5 Å². The van der Waals surface area contributed by atoms with E-state index in [4.69, 9.17) is 25.4 Å². The van der Waals surface area contributed by atoms with Gasteiger partial charge in [0.1, 0.15) is 68.8 Å². The molecule has 0 amide bonds. The Kier molecular flexibility index (Phi) is 27.3. The molecule has 0 aliphatic rings. The summed E-state index contributed by atoms with van der Waals surface area (Å²) < 4.78 is 192. The van der Waals surface area contributed by atoms with Crippen molar-refractivity contribution in [3.05, 3.63) is 265 Å². The Hall–Kier alpha value is -15.9. The largest absolute Gasteiger partial charge is 0.480 e. The Labute approximate surface area is 737 Å². The molecule has 16 rings (SSSR count). The lowest BCUT2D eigenvalue weighted by molar-refractivity contribution is 0.400. The van der Waals surface area contributed by atoms with Crippen molar-refractivity contribution in [1.29, 1.82) is 0 Å². The first-order valence-electron chi connectivity index (χ1n) is 38.3. The van der Waals surface area contributed by atoms with E-state index in [0.29, 0.717) is 96.8 Å². The number of terminal acetylenes is 1. The number of hydrogen-bond donors (Lipinski definition) is 4. The van der Waals surface area contributed by atoms with E-state index < -0.39 is 63.4 Å². The first-order valence-corrected chi connectivity index (χ1v) is 44.3. The number of benzene rings is 4. The summed E-state index contributed by atoms with van der Waals surface area (Å²) in [5.41, 5.74) is 9.37. The van der Waals surface area contributed by atoms with Crippen LogP contribution in [0.1, 0.15) is 70.7 Å².